The van der Waals surface area contributed by atoms with Gasteiger partial charge in [0.2, 0.25) is 0 Å². The van der Waals surface area contributed by atoms with Crippen molar-refractivity contribution in [3.05, 3.63) is 41.7 Å². The van der Waals surface area contributed by atoms with Gasteiger partial charge >= 0.3 is 0 Å². The summed E-state index contributed by atoms with van der Waals surface area (Å²) in [6.07, 6.45) is 3.21. The molecule has 1 atom stereocenters. The third-order valence-corrected chi connectivity index (χ3v) is 3.40. The normalized spacial score (nSPS) is 22.7. The van der Waals surface area contributed by atoms with Crippen molar-refractivity contribution in [1.82, 2.24) is 0 Å². The molecule has 1 aromatic rings. The summed E-state index contributed by atoms with van der Waals surface area (Å²) in [5.41, 5.74) is 0.905. The molecule has 0 N–H and O–H groups in total. The van der Waals surface area contributed by atoms with Crippen LogP contribution in [0.15, 0.2) is 41.7 Å². The zero-order valence-electron chi connectivity index (χ0n) is 10.2. The molecule has 0 saturated heterocycles. The molecular formula is C15H16O3. The first-order valence-corrected chi connectivity index (χ1v) is 6.42. The monoisotopic (exact) mass is 244 g/mol. The molecule has 0 amide bonds. The highest BCUT2D eigenvalue weighted by molar-refractivity contribution is 5.97. The Kier molecular flexibility index (Phi) is 3.05. The van der Waals surface area contributed by atoms with Gasteiger partial charge in [0.1, 0.15) is 24.2 Å². The fourth-order valence-electron chi connectivity index (χ4n) is 2.49. The molecule has 1 aliphatic heterocycles. The minimum atomic E-state index is -0.00254. The molecule has 3 heteroatoms. The van der Waals surface area contributed by atoms with Gasteiger partial charge in [-0.15, -0.1) is 0 Å². The van der Waals surface area contributed by atoms with Crippen molar-refractivity contribution in [2.75, 3.05) is 6.61 Å². The van der Waals surface area contributed by atoms with E-state index in [0.717, 1.165) is 29.9 Å². The minimum absolute atomic E-state index is 0.00254. The standard InChI is InChI=1S/C15H16O3/c16-14-7-4-8-15-13(14)9-12(18-15)10-17-11-5-2-1-3-6-11/h1-3,5-6,12H,4,7-10H2. The molecule has 0 saturated carbocycles. The number of carbonyl (C=O) groups is 1. The Hall–Kier alpha value is -1.77. The Morgan fingerprint density at radius 3 is 2.83 bits per heavy atom. The number of carbonyl (C=O) groups excluding carboxylic acids is 1. The number of ketones is 1. The molecule has 2 aliphatic rings. The lowest BCUT2D eigenvalue weighted by Crippen LogP contribution is -2.17. The summed E-state index contributed by atoms with van der Waals surface area (Å²) in [5, 5.41) is 0. The van der Waals surface area contributed by atoms with Gasteiger partial charge in [0.15, 0.2) is 5.78 Å². The van der Waals surface area contributed by atoms with Crippen molar-refractivity contribution in [2.45, 2.75) is 31.8 Å². The summed E-state index contributed by atoms with van der Waals surface area (Å²) in [6, 6.07) is 9.69. The first kappa shape index (κ1) is 11.3. The van der Waals surface area contributed by atoms with Crippen molar-refractivity contribution < 1.29 is 14.3 Å². The van der Waals surface area contributed by atoms with Gasteiger partial charge in [0.25, 0.3) is 0 Å². The van der Waals surface area contributed by atoms with E-state index in [2.05, 4.69) is 0 Å². The second-order valence-corrected chi connectivity index (χ2v) is 4.75. The Bertz CT molecular complexity index is 476. The van der Waals surface area contributed by atoms with E-state index in [-0.39, 0.29) is 11.9 Å². The molecule has 0 fully saturated rings. The van der Waals surface area contributed by atoms with Crippen LogP contribution in [0.25, 0.3) is 0 Å². The highest BCUT2D eigenvalue weighted by Gasteiger charge is 2.32. The summed E-state index contributed by atoms with van der Waals surface area (Å²) in [7, 11) is 0. The quantitative estimate of drug-likeness (QED) is 0.820. The first-order chi connectivity index (χ1) is 8.83. The average molecular weight is 244 g/mol. The van der Waals surface area contributed by atoms with Crippen LogP contribution in [0.5, 0.6) is 5.75 Å². The maximum Gasteiger partial charge on any atom is 0.162 e. The maximum atomic E-state index is 11.7. The van der Waals surface area contributed by atoms with Crippen LogP contribution in [-0.4, -0.2) is 18.5 Å². The summed E-state index contributed by atoms with van der Waals surface area (Å²) >= 11 is 0. The van der Waals surface area contributed by atoms with Crippen LogP contribution in [-0.2, 0) is 9.53 Å². The minimum Gasteiger partial charge on any atom is -0.490 e. The third kappa shape index (κ3) is 2.26. The van der Waals surface area contributed by atoms with Crippen LogP contribution >= 0.6 is 0 Å². The van der Waals surface area contributed by atoms with E-state index >= 15 is 0 Å². The second-order valence-electron chi connectivity index (χ2n) is 4.75. The lowest BCUT2D eigenvalue weighted by atomic mass is 9.95. The molecule has 3 rings (SSSR count). The highest BCUT2D eigenvalue weighted by atomic mass is 16.5. The van der Waals surface area contributed by atoms with E-state index in [0.29, 0.717) is 19.4 Å². The zero-order chi connectivity index (χ0) is 12.4. The van der Waals surface area contributed by atoms with Crippen molar-refractivity contribution in [3.63, 3.8) is 0 Å². The van der Waals surface area contributed by atoms with Gasteiger partial charge in [0.05, 0.1) is 0 Å². The van der Waals surface area contributed by atoms with Crippen molar-refractivity contribution in [2.24, 2.45) is 0 Å². The van der Waals surface area contributed by atoms with Crippen LogP contribution in [0, 0.1) is 0 Å². The summed E-state index contributed by atoms with van der Waals surface area (Å²) in [4.78, 5) is 11.7. The van der Waals surface area contributed by atoms with Gasteiger partial charge in [-0.05, 0) is 18.6 Å². The SMILES string of the molecule is O=C1CCCC2=C1CC(COc1ccccc1)O2. The highest BCUT2D eigenvalue weighted by Crippen LogP contribution is 2.34. The third-order valence-electron chi connectivity index (χ3n) is 3.40. The van der Waals surface area contributed by atoms with Gasteiger partial charge in [-0.1, -0.05) is 18.2 Å². The van der Waals surface area contributed by atoms with Crippen molar-refractivity contribution >= 4 is 5.78 Å². The lowest BCUT2D eigenvalue weighted by molar-refractivity contribution is -0.116. The molecular weight excluding hydrogens is 228 g/mol. The predicted molar refractivity (Wildman–Crippen MR) is 67.3 cm³/mol. The predicted octanol–water partition coefficient (Wildman–Crippen LogP) is 2.86. The molecule has 0 spiro atoms. The van der Waals surface area contributed by atoms with Crippen molar-refractivity contribution in [3.8, 4) is 5.75 Å². The molecule has 1 heterocycles. The maximum absolute atomic E-state index is 11.7. The summed E-state index contributed by atoms with van der Waals surface area (Å²) < 4.78 is 11.5. The van der Waals surface area contributed by atoms with Gasteiger partial charge in [-0.3, -0.25) is 4.79 Å². The lowest BCUT2D eigenvalue weighted by Gasteiger charge is -2.14. The molecule has 18 heavy (non-hydrogen) atoms. The molecule has 1 unspecified atom stereocenters. The van der Waals surface area contributed by atoms with Gasteiger partial charge in [0, 0.05) is 24.8 Å². The topological polar surface area (TPSA) is 35.5 Å². The molecule has 1 aromatic carbocycles. The zero-order valence-corrected chi connectivity index (χ0v) is 10.2. The fourth-order valence-corrected chi connectivity index (χ4v) is 2.49. The van der Waals surface area contributed by atoms with Crippen LogP contribution < -0.4 is 4.74 Å². The number of hydrogen-bond donors (Lipinski definition) is 0. The van der Waals surface area contributed by atoms with E-state index in [1.807, 2.05) is 30.3 Å². The fraction of sp³-hybridized carbons (Fsp3) is 0.400. The smallest absolute Gasteiger partial charge is 0.162 e. The number of Topliss-reactive ketones (excluding diaryl/α,β-unsaturated/α-hetero) is 1. The molecule has 94 valence electrons. The van der Waals surface area contributed by atoms with Crippen LogP contribution in [0.3, 0.4) is 0 Å². The molecule has 1 aliphatic carbocycles. The first-order valence-electron chi connectivity index (χ1n) is 6.42. The number of ether oxygens (including phenoxy) is 2. The molecule has 0 radical (unpaired) electrons. The Morgan fingerprint density at radius 2 is 2.06 bits per heavy atom. The van der Waals surface area contributed by atoms with E-state index in [1.165, 1.54) is 0 Å². The van der Waals surface area contributed by atoms with E-state index < -0.39 is 0 Å². The number of allylic oxidation sites excluding steroid dienone is 1. The Labute approximate surface area is 106 Å². The second kappa shape index (κ2) is 4.84. The largest absolute Gasteiger partial charge is 0.490 e. The molecule has 0 aromatic heterocycles. The van der Waals surface area contributed by atoms with Gasteiger partial charge in [-0.25, -0.2) is 0 Å². The van der Waals surface area contributed by atoms with E-state index in [4.69, 9.17) is 9.47 Å². The van der Waals surface area contributed by atoms with Gasteiger partial charge in [-0.2, -0.15) is 0 Å². The van der Waals surface area contributed by atoms with Gasteiger partial charge < -0.3 is 9.47 Å². The van der Waals surface area contributed by atoms with Crippen molar-refractivity contribution in [1.29, 1.82) is 0 Å². The van der Waals surface area contributed by atoms with E-state index in [9.17, 15) is 4.79 Å². The molecule has 3 nitrogen and oxygen atoms in total. The van der Waals surface area contributed by atoms with Crippen LogP contribution in [0.1, 0.15) is 25.7 Å². The number of benzene rings is 1. The van der Waals surface area contributed by atoms with Crippen LogP contribution in [0.2, 0.25) is 0 Å². The number of hydrogen-bond acceptors (Lipinski definition) is 3. The van der Waals surface area contributed by atoms with Crippen LogP contribution in [0.4, 0.5) is 0 Å². The van der Waals surface area contributed by atoms with E-state index in [1.54, 1.807) is 0 Å². The number of rotatable bonds is 3. The summed E-state index contributed by atoms with van der Waals surface area (Å²) in [5.74, 6) is 2.02. The number of para-hydroxylation sites is 1. The molecule has 0 bridgehead atoms. The Morgan fingerprint density at radius 1 is 1.22 bits per heavy atom. The average Bonchev–Trinajstić information content (AvgIpc) is 2.82. The summed E-state index contributed by atoms with van der Waals surface area (Å²) in [6.45, 7) is 0.504. The Balaban J connectivity index is 1.57.